The Morgan fingerprint density at radius 2 is 1.92 bits per heavy atom. The monoisotopic (exact) mass is 361 g/mol. The average molecular weight is 361 g/mol. The molecule has 0 aromatic heterocycles. The standard InChI is InChI=1S/C19H18F3N3O/c1-2-18(26)23-11-14-12-25(17-6-4-3-5-16(17)24-14)15-9-7-13(8-10-15)19(20,21)22/h2-10,14,24H,1,11-12H2,(H,23,26)/t14-/m1/s1. The summed E-state index contributed by atoms with van der Waals surface area (Å²) in [6, 6.07) is 12.5. The Morgan fingerprint density at radius 3 is 2.58 bits per heavy atom. The number of halogens is 3. The lowest BCUT2D eigenvalue weighted by Crippen LogP contribution is -2.45. The lowest BCUT2D eigenvalue weighted by Gasteiger charge is -2.37. The van der Waals surface area contributed by atoms with Crippen LogP contribution in [0, 0.1) is 0 Å². The van der Waals surface area contributed by atoms with E-state index in [1.165, 1.54) is 18.2 Å². The summed E-state index contributed by atoms with van der Waals surface area (Å²) in [5.74, 6) is -0.272. The van der Waals surface area contributed by atoms with Crippen LogP contribution in [0.25, 0.3) is 0 Å². The molecular weight excluding hydrogens is 343 g/mol. The first-order valence-corrected chi connectivity index (χ1v) is 8.09. The number of carbonyl (C=O) groups is 1. The first kappa shape index (κ1) is 17.8. The lowest BCUT2D eigenvalue weighted by atomic mass is 10.1. The number of fused-ring (bicyclic) bond motifs is 1. The van der Waals surface area contributed by atoms with Crippen molar-refractivity contribution in [2.75, 3.05) is 23.3 Å². The smallest absolute Gasteiger partial charge is 0.377 e. The number of benzene rings is 2. The quantitative estimate of drug-likeness (QED) is 0.811. The molecule has 1 amide bonds. The summed E-state index contributed by atoms with van der Waals surface area (Å²) < 4.78 is 38.4. The zero-order valence-electron chi connectivity index (χ0n) is 13.9. The third-order valence-corrected chi connectivity index (χ3v) is 4.17. The van der Waals surface area contributed by atoms with Gasteiger partial charge in [0.25, 0.3) is 0 Å². The van der Waals surface area contributed by atoms with E-state index in [0.717, 1.165) is 23.5 Å². The lowest BCUT2D eigenvalue weighted by molar-refractivity contribution is -0.137. The Labute approximate surface area is 149 Å². The molecule has 2 aromatic rings. The van der Waals surface area contributed by atoms with Gasteiger partial charge in [-0.1, -0.05) is 18.7 Å². The number of nitrogens with one attached hydrogen (secondary N) is 2. The number of rotatable bonds is 4. The molecule has 0 saturated carbocycles. The van der Waals surface area contributed by atoms with Crippen molar-refractivity contribution in [3.8, 4) is 0 Å². The molecule has 1 aliphatic heterocycles. The molecule has 26 heavy (non-hydrogen) atoms. The van der Waals surface area contributed by atoms with Crippen LogP contribution < -0.4 is 15.5 Å². The molecule has 0 unspecified atom stereocenters. The number of carbonyl (C=O) groups excluding carboxylic acids is 1. The maximum absolute atomic E-state index is 12.8. The van der Waals surface area contributed by atoms with Crippen LogP contribution in [0.1, 0.15) is 5.56 Å². The molecule has 0 bridgehead atoms. The van der Waals surface area contributed by atoms with E-state index in [0.29, 0.717) is 18.8 Å². The van der Waals surface area contributed by atoms with E-state index in [-0.39, 0.29) is 11.9 Å². The number of hydrogen-bond donors (Lipinski definition) is 2. The summed E-state index contributed by atoms with van der Waals surface area (Å²) >= 11 is 0. The SMILES string of the molecule is C=CC(=O)NC[C@@H]1CN(c2ccc(C(F)(F)F)cc2)c2ccccc2N1. The zero-order chi connectivity index (χ0) is 18.7. The highest BCUT2D eigenvalue weighted by Gasteiger charge is 2.31. The number of alkyl halides is 3. The van der Waals surface area contributed by atoms with Crippen molar-refractivity contribution < 1.29 is 18.0 Å². The largest absolute Gasteiger partial charge is 0.416 e. The van der Waals surface area contributed by atoms with Crippen molar-refractivity contribution in [1.29, 1.82) is 0 Å². The highest BCUT2D eigenvalue weighted by atomic mass is 19.4. The van der Waals surface area contributed by atoms with E-state index in [9.17, 15) is 18.0 Å². The van der Waals surface area contributed by atoms with Crippen LogP contribution in [0.2, 0.25) is 0 Å². The molecule has 2 N–H and O–H groups in total. The summed E-state index contributed by atoms with van der Waals surface area (Å²) in [5, 5.41) is 6.08. The number of nitrogens with zero attached hydrogens (tertiary/aromatic N) is 1. The zero-order valence-corrected chi connectivity index (χ0v) is 13.9. The Hall–Kier alpha value is -2.96. The minimum atomic E-state index is -4.36. The van der Waals surface area contributed by atoms with Gasteiger partial charge in [0.15, 0.2) is 0 Å². The molecule has 2 aromatic carbocycles. The second-order valence-electron chi connectivity index (χ2n) is 5.96. The van der Waals surface area contributed by atoms with Crippen molar-refractivity contribution in [3.63, 3.8) is 0 Å². The predicted octanol–water partition coefficient (Wildman–Crippen LogP) is 3.94. The van der Waals surface area contributed by atoms with Crippen LogP contribution in [0.3, 0.4) is 0 Å². The van der Waals surface area contributed by atoms with Crippen LogP contribution >= 0.6 is 0 Å². The first-order chi connectivity index (χ1) is 12.4. The van der Waals surface area contributed by atoms with E-state index in [4.69, 9.17) is 0 Å². The van der Waals surface area contributed by atoms with E-state index in [1.807, 2.05) is 29.2 Å². The topological polar surface area (TPSA) is 44.4 Å². The van der Waals surface area contributed by atoms with Crippen LogP contribution in [-0.2, 0) is 11.0 Å². The minimum absolute atomic E-state index is 0.101. The van der Waals surface area contributed by atoms with Gasteiger partial charge in [0.05, 0.1) is 23.0 Å². The fraction of sp³-hybridized carbons (Fsp3) is 0.211. The normalized spacial score (nSPS) is 16.4. The molecule has 3 rings (SSSR count). The highest BCUT2D eigenvalue weighted by molar-refractivity contribution is 5.87. The van der Waals surface area contributed by atoms with E-state index >= 15 is 0 Å². The fourth-order valence-electron chi connectivity index (χ4n) is 2.90. The van der Waals surface area contributed by atoms with Gasteiger partial charge in [0.2, 0.25) is 5.91 Å². The van der Waals surface area contributed by atoms with Gasteiger partial charge in [0.1, 0.15) is 0 Å². The molecule has 1 atom stereocenters. The van der Waals surface area contributed by atoms with Gasteiger partial charge in [-0.05, 0) is 42.5 Å². The minimum Gasteiger partial charge on any atom is -0.377 e. The van der Waals surface area contributed by atoms with Gasteiger partial charge < -0.3 is 15.5 Å². The van der Waals surface area contributed by atoms with Gasteiger partial charge in [-0.25, -0.2) is 0 Å². The predicted molar refractivity (Wildman–Crippen MR) is 95.5 cm³/mol. The molecular formula is C19H18F3N3O. The van der Waals surface area contributed by atoms with Gasteiger partial charge in [-0.15, -0.1) is 0 Å². The third kappa shape index (κ3) is 3.82. The number of para-hydroxylation sites is 2. The molecule has 0 radical (unpaired) electrons. The molecule has 0 aliphatic carbocycles. The Bertz CT molecular complexity index is 802. The van der Waals surface area contributed by atoms with E-state index < -0.39 is 11.7 Å². The van der Waals surface area contributed by atoms with Gasteiger partial charge in [-0.3, -0.25) is 4.79 Å². The Morgan fingerprint density at radius 1 is 1.23 bits per heavy atom. The van der Waals surface area contributed by atoms with Crippen LogP contribution in [0.4, 0.5) is 30.2 Å². The Kier molecular flexibility index (Phi) is 4.88. The van der Waals surface area contributed by atoms with Gasteiger partial charge >= 0.3 is 6.18 Å². The molecule has 1 aliphatic rings. The van der Waals surface area contributed by atoms with E-state index in [1.54, 1.807) is 0 Å². The maximum atomic E-state index is 12.8. The second-order valence-corrected chi connectivity index (χ2v) is 5.96. The van der Waals surface area contributed by atoms with Crippen molar-refractivity contribution >= 4 is 23.0 Å². The molecule has 0 saturated heterocycles. The Balaban J connectivity index is 1.87. The maximum Gasteiger partial charge on any atom is 0.416 e. The second kappa shape index (κ2) is 7.11. The number of hydrogen-bond acceptors (Lipinski definition) is 3. The molecule has 0 fully saturated rings. The molecule has 0 spiro atoms. The first-order valence-electron chi connectivity index (χ1n) is 8.09. The van der Waals surface area contributed by atoms with Crippen molar-refractivity contribution in [3.05, 3.63) is 66.7 Å². The van der Waals surface area contributed by atoms with Crippen LogP contribution in [0.15, 0.2) is 61.2 Å². The highest BCUT2D eigenvalue weighted by Crippen LogP contribution is 2.37. The molecule has 4 nitrogen and oxygen atoms in total. The molecule has 7 heteroatoms. The number of amides is 1. The summed E-state index contributed by atoms with van der Waals surface area (Å²) in [4.78, 5) is 13.3. The number of anilines is 3. The average Bonchev–Trinajstić information content (AvgIpc) is 2.64. The van der Waals surface area contributed by atoms with Gasteiger partial charge in [0, 0.05) is 18.8 Å². The van der Waals surface area contributed by atoms with Crippen molar-refractivity contribution in [2.24, 2.45) is 0 Å². The van der Waals surface area contributed by atoms with Gasteiger partial charge in [-0.2, -0.15) is 13.2 Å². The third-order valence-electron chi connectivity index (χ3n) is 4.17. The summed E-state index contributed by atoms with van der Waals surface area (Å²) in [6.07, 6.45) is -3.16. The van der Waals surface area contributed by atoms with E-state index in [2.05, 4.69) is 17.2 Å². The van der Waals surface area contributed by atoms with Crippen molar-refractivity contribution in [2.45, 2.75) is 12.2 Å². The molecule has 136 valence electrons. The summed E-state index contributed by atoms with van der Waals surface area (Å²) in [7, 11) is 0. The fourth-order valence-corrected chi connectivity index (χ4v) is 2.90. The van der Waals surface area contributed by atoms with Crippen LogP contribution in [0.5, 0.6) is 0 Å². The van der Waals surface area contributed by atoms with Crippen molar-refractivity contribution in [1.82, 2.24) is 5.32 Å². The summed E-state index contributed by atoms with van der Waals surface area (Å²) in [6.45, 7) is 4.29. The van der Waals surface area contributed by atoms with Crippen LogP contribution in [-0.4, -0.2) is 25.0 Å². The molecule has 1 heterocycles. The summed E-state index contributed by atoms with van der Waals surface area (Å²) in [5.41, 5.74) is 1.71.